The average molecular weight is 219 g/mol. The molecular formula is C13H17NO2. The van der Waals surface area contributed by atoms with Crippen LogP contribution < -0.4 is 5.32 Å². The molecule has 0 saturated heterocycles. The van der Waals surface area contributed by atoms with E-state index in [9.17, 15) is 9.59 Å². The fraction of sp³-hybridized carbons (Fsp3) is 0.385. The first-order valence-corrected chi connectivity index (χ1v) is 5.27. The number of nitrogens with one attached hydrogen (secondary N) is 1. The Morgan fingerprint density at radius 3 is 2.25 bits per heavy atom. The third kappa shape index (κ3) is 3.19. The minimum atomic E-state index is -0.215. The summed E-state index contributed by atoms with van der Waals surface area (Å²) in [4.78, 5) is 21.6. The van der Waals surface area contributed by atoms with Crippen LogP contribution in [-0.2, 0) is 10.2 Å². The van der Waals surface area contributed by atoms with E-state index in [1.807, 2.05) is 12.1 Å². The van der Waals surface area contributed by atoms with E-state index in [4.69, 9.17) is 0 Å². The zero-order valence-electron chi connectivity index (χ0n) is 9.91. The van der Waals surface area contributed by atoms with Crippen LogP contribution in [-0.4, -0.2) is 18.7 Å². The smallest absolute Gasteiger partial charge is 0.251 e. The summed E-state index contributed by atoms with van der Waals surface area (Å²) in [6.07, 6.45) is 0.668. The van der Waals surface area contributed by atoms with Crippen LogP contribution in [0.15, 0.2) is 24.3 Å². The zero-order valence-corrected chi connectivity index (χ0v) is 9.91. The normalized spacial score (nSPS) is 10.9. The van der Waals surface area contributed by atoms with E-state index in [1.54, 1.807) is 12.1 Å². The first kappa shape index (κ1) is 12.4. The molecule has 0 unspecified atom stereocenters. The molecule has 0 aliphatic heterocycles. The number of amides is 1. The highest BCUT2D eigenvalue weighted by molar-refractivity contribution is 5.95. The maximum absolute atomic E-state index is 11.5. The lowest BCUT2D eigenvalue weighted by Crippen LogP contribution is -2.25. The first-order chi connectivity index (χ1) is 7.45. The van der Waals surface area contributed by atoms with Crippen molar-refractivity contribution < 1.29 is 9.59 Å². The van der Waals surface area contributed by atoms with Gasteiger partial charge in [0.05, 0.1) is 6.54 Å². The van der Waals surface area contributed by atoms with Gasteiger partial charge in [0.1, 0.15) is 6.29 Å². The van der Waals surface area contributed by atoms with Crippen LogP contribution in [0.2, 0.25) is 0 Å². The predicted octanol–water partition coefficient (Wildman–Crippen LogP) is 1.91. The Hall–Kier alpha value is -1.64. The lowest BCUT2D eigenvalue weighted by molar-refractivity contribution is -0.107. The molecule has 1 rings (SSSR count). The van der Waals surface area contributed by atoms with Crippen LogP contribution in [0.4, 0.5) is 0 Å². The number of aldehydes is 1. The quantitative estimate of drug-likeness (QED) is 0.789. The maximum atomic E-state index is 11.5. The highest BCUT2D eigenvalue weighted by atomic mass is 16.2. The van der Waals surface area contributed by atoms with E-state index < -0.39 is 0 Å². The van der Waals surface area contributed by atoms with Crippen LogP contribution >= 0.6 is 0 Å². The molecule has 3 heteroatoms. The van der Waals surface area contributed by atoms with Gasteiger partial charge < -0.3 is 10.1 Å². The van der Waals surface area contributed by atoms with Gasteiger partial charge in [-0.05, 0) is 23.1 Å². The molecule has 1 amide bonds. The zero-order chi connectivity index (χ0) is 12.2. The SMILES string of the molecule is CC(C)(C)c1ccc(C(=O)NCC=O)cc1. The van der Waals surface area contributed by atoms with Crippen LogP contribution in [0.3, 0.4) is 0 Å². The number of carbonyl (C=O) groups is 2. The van der Waals surface area contributed by atoms with Gasteiger partial charge in [-0.15, -0.1) is 0 Å². The number of hydrogen-bond donors (Lipinski definition) is 1. The second-order valence-corrected chi connectivity index (χ2v) is 4.70. The Labute approximate surface area is 95.9 Å². The van der Waals surface area contributed by atoms with E-state index in [-0.39, 0.29) is 17.9 Å². The summed E-state index contributed by atoms with van der Waals surface area (Å²) >= 11 is 0. The molecule has 0 atom stereocenters. The summed E-state index contributed by atoms with van der Waals surface area (Å²) in [5.41, 5.74) is 1.84. The van der Waals surface area contributed by atoms with Gasteiger partial charge in [-0.3, -0.25) is 4.79 Å². The Kier molecular flexibility index (Phi) is 3.82. The van der Waals surface area contributed by atoms with Crippen molar-refractivity contribution in [2.24, 2.45) is 0 Å². The van der Waals surface area contributed by atoms with Gasteiger partial charge >= 0.3 is 0 Å². The first-order valence-electron chi connectivity index (χ1n) is 5.27. The molecule has 3 nitrogen and oxygen atoms in total. The molecule has 0 heterocycles. The van der Waals surface area contributed by atoms with E-state index in [2.05, 4.69) is 26.1 Å². The molecule has 0 bridgehead atoms. The topological polar surface area (TPSA) is 46.2 Å². The minimum absolute atomic E-state index is 0.0554. The molecule has 0 fully saturated rings. The van der Waals surface area contributed by atoms with Gasteiger partial charge in [0.2, 0.25) is 0 Å². The molecule has 0 spiro atoms. The number of rotatable bonds is 3. The van der Waals surface area contributed by atoms with Crippen LogP contribution in [0.1, 0.15) is 36.7 Å². The highest BCUT2D eigenvalue weighted by Crippen LogP contribution is 2.21. The lowest BCUT2D eigenvalue weighted by atomic mass is 9.87. The minimum Gasteiger partial charge on any atom is -0.345 e. The fourth-order valence-electron chi connectivity index (χ4n) is 1.36. The number of hydrogen-bond acceptors (Lipinski definition) is 2. The van der Waals surface area contributed by atoms with Crippen molar-refractivity contribution in [3.8, 4) is 0 Å². The Morgan fingerprint density at radius 1 is 1.25 bits per heavy atom. The number of carbonyl (C=O) groups excluding carboxylic acids is 2. The summed E-state index contributed by atoms with van der Waals surface area (Å²) in [6.45, 7) is 6.41. The van der Waals surface area contributed by atoms with Crippen molar-refractivity contribution in [1.29, 1.82) is 0 Å². The Balaban J connectivity index is 2.79. The van der Waals surface area contributed by atoms with E-state index in [0.29, 0.717) is 11.8 Å². The van der Waals surface area contributed by atoms with Gasteiger partial charge in [-0.2, -0.15) is 0 Å². The molecular weight excluding hydrogens is 202 g/mol. The van der Waals surface area contributed by atoms with E-state index in [1.165, 1.54) is 5.56 Å². The molecule has 16 heavy (non-hydrogen) atoms. The van der Waals surface area contributed by atoms with Gasteiger partial charge in [-0.1, -0.05) is 32.9 Å². The molecule has 0 radical (unpaired) electrons. The van der Waals surface area contributed by atoms with E-state index >= 15 is 0 Å². The van der Waals surface area contributed by atoms with Crippen molar-refractivity contribution in [2.45, 2.75) is 26.2 Å². The molecule has 0 aliphatic carbocycles. The monoisotopic (exact) mass is 219 g/mol. The average Bonchev–Trinajstić information content (AvgIpc) is 2.25. The summed E-state index contributed by atoms with van der Waals surface area (Å²) in [7, 11) is 0. The summed E-state index contributed by atoms with van der Waals surface area (Å²) in [5.74, 6) is -0.215. The van der Waals surface area contributed by atoms with Crippen molar-refractivity contribution in [1.82, 2.24) is 5.32 Å². The second-order valence-electron chi connectivity index (χ2n) is 4.70. The third-order valence-corrected chi connectivity index (χ3v) is 2.36. The second kappa shape index (κ2) is 4.92. The molecule has 86 valence electrons. The summed E-state index contributed by atoms with van der Waals surface area (Å²) in [5, 5.41) is 2.50. The largest absolute Gasteiger partial charge is 0.345 e. The van der Waals surface area contributed by atoms with Gasteiger partial charge in [0.25, 0.3) is 5.91 Å². The van der Waals surface area contributed by atoms with Crippen molar-refractivity contribution in [3.05, 3.63) is 35.4 Å². The third-order valence-electron chi connectivity index (χ3n) is 2.36. The van der Waals surface area contributed by atoms with Crippen LogP contribution in [0.5, 0.6) is 0 Å². The summed E-state index contributed by atoms with van der Waals surface area (Å²) < 4.78 is 0. The Morgan fingerprint density at radius 2 is 1.81 bits per heavy atom. The highest BCUT2D eigenvalue weighted by Gasteiger charge is 2.13. The van der Waals surface area contributed by atoms with Crippen LogP contribution in [0.25, 0.3) is 0 Å². The molecule has 1 aromatic carbocycles. The van der Waals surface area contributed by atoms with Gasteiger partial charge in [-0.25, -0.2) is 0 Å². The fourth-order valence-corrected chi connectivity index (χ4v) is 1.36. The predicted molar refractivity (Wildman–Crippen MR) is 63.5 cm³/mol. The Bertz CT molecular complexity index is 374. The number of benzene rings is 1. The van der Waals surface area contributed by atoms with Gasteiger partial charge in [0, 0.05) is 5.56 Å². The maximum Gasteiger partial charge on any atom is 0.251 e. The molecule has 0 aliphatic rings. The van der Waals surface area contributed by atoms with Crippen molar-refractivity contribution >= 4 is 12.2 Å². The van der Waals surface area contributed by atoms with Crippen molar-refractivity contribution in [2.75, 3.05) is 6.54 Å². The molecule has 0 saturated carbocycles. The summed E-state index contributed by atoms with van der Waals surface area (Å²) in [6, 6.07) is 7.44. The molecule has 1 aromatic rings. The van der Waals surface area contributed by atoms with E-state index in [0.717, 1.165) is 0 Å². The standard InChI is InChI=1S/C13H17NO2/c1-13(2,3)11-6-4-10(5-7-11)12(16)14-8-9-15/h4-7,9H,8H2,1-3H3,(H,14,16). The van der Waals surface area contributed by atoms with Gasteiger partial charge in [0.15, 0.2) is 0 Å². The molecule has 1 N–H and O–H groups in total. The van der Waals surface area contributed by atoms with Crippen molar-refractivity contribution in [3.63, 3.8) is 0 Å². The lowest BCUT2D eigenvalue weighted by Gasteiger charge is -2.18. The van der Waals surface area contributed by atoms with Crippen LogP contribution in [0, 0.1) is 0 Å². The molecule has 0 aromatic heterocycles.